The van der Waals surface area contributed by atoms with Gasteiger partial charge in [-0.3, -0.25) is 0 Å². The van der Waals surface area contributed by atoms with Crippen LogP contribution in [0.2, 0.25) is 0 Å². The average molecular weight is 245 g/mol. The Morgan fingerprint density at radius 2 is 2.11 bits per heavy atom. The normalized spacial score (nSPS) is 34.9. The molecule has 2 N–H and O–H groups in total. The zero-order chi connectivity index (χ0) is 12.6. The van der Waals surface area contributed by atoms with E-state index in [0.717, 1.165) is 0 Å². The molecule has 3 heterocycles. The molecular formula is C13H15N3O2. The third-order valence-corrected chi connectivity index (χ3v) is 3.62. The van der Waals surface area contributed by atoms with Crippen molar-refractivity contribution in [1.82, 2.24) is 10.3 Å². The van der Waals surface area contributed by atoms with Crippen molar-refractivity contribution in [2.24, 2.45) is 0 Å². The quantitative estimate of drug-likeness (QED) is 0.743. The van der Waals surface area contributed by atoms with E-state index in [1.54, 1.807) is 18.2 Å². The Morgan fingerprint density at radius 1 is 1.39 bits per heavy atom. The van der Waals surface area contributed by atoms with Gasteiger partial charge in [-0.05, 0) is 25.0 Å². The number of piperidine rings is 1. The highest BCUT2D eigenvalue weighted by Crippen LogP contribution is 2.35. The van der Waals surface area contributed by atoms with Gasteiger partial charge >= 0.3 is 0 Å². The largest absolute Gasteiger partial charge is 0.383 e. The molecular weight excluding hydrogens is 230 g/mol. The summed E-state index contributed by atoms with van der Waals surface area (Å²) in [5, 5.41) is 23.1. The lowest BCUT2D eigenvalue weighted by atomic mass is 9.80. The molecule has 1 aromatic heterocycles. The van der Waals surface area contributed by atoms with E-state index < -0.39 is 5.60 Å². The first-order valence-electron chi connectivity index (χ1n) is 6.13. The molecule has 2 aliphatic rings. The lowest BCUT2D eigenvalue weighted by molar-refractivity contribution is -0.0824. The molecule has 2 bridgehead atoms. The monoisotopic (exact) mass is 245 g/mol. The summed E-state index contributed by atoms with van der Waals surface area (Å²) in [6.07, 6.45) is 1.15. The molecule has 0 saturated carbocycles. The van der Waals surface area contributed by atoms with Crippen LogP contribution in [0.25, 0.3) is 0 Å². The van der Waals surface area contributed by atoms with E-state index in [1.165, 1.54) is 0 Å². The maximum absolute atomic E-state index is 10.8. The second-order valence-electron chi connectivity index (χ2n) is 5.06. The van der Waals surface area contributed by atoms with Crippen molar-refractivity contribution < 1.29 is 9.84 Å². The number of rotatable bonds is 1. The van der Waals surface area contributed by atoms with Gasteiger partial charge in [0.1, 0.15) is 17.4 Å². The maximum Gasteiger partial charge on any atom is 0.140 e. The first-order valence-corrected chi connectivity index (χ1v) is 6.13. The summed E-state index contributed by atoms with van der Waals surface area (Å²) in [5.41, 5.74) is -0.00200. The number of fused-ring (bicyclic) bond motifs is 2. The van der Waals surface area contributed by atoms with Gasteiger partial charge in [0.25, 0.3) is 0 Å². The molecule has 2 unspecified atom stereocenters. The molecule has 2 fully saturated rings. The Morgan fingerprint density at radius 3 is 2.78 bits per heavy atom. The van der Waals surface area contributed by atoms with Gasteiger partial charge in [-0.25, -0.2) is 4.98 Å². The fourth-order valence-corrected chi connectivity index (χ4v) is 2.88. The second kappa shape index (κ2) is 4.32. The van der Waals surface area contributed by atoms with E-state index >= 15 is 0 Å². The van der Waals surface area contributed by atoms with Crippen LogP contribution in [-0.4, -0.2) is 35.4 Å². The molecule has 0 aliphatic carbocycles. The number of hydrogen-bond acceptors (Lipinski definition) is 5. The van der Waals surface area contributed by atoms with Crippen molar-refractivity contribution in [3.8, 4) is 6.07 Å². The van der Waals surface area contributed by atoms with Gasteiger partial charge in [0.05, 0.1) is 18.9 Å². The number of aromatic nitrogens is 1. The minimum Gasteiger partial charge on any atom is -0.383 e. The fourth-order valence-electron chi connectivity index (χ4n) is 2.88. The molecule has 18 heavy (non-hydrogen) atoms. The zero-order valence-electron chi connectivity index (χ0n) is 9.97. The SMILES string of the molecule is N#Cc1cccc(C2(O)CC3COCC(C2)N3)n1. The third-order valence-electron chi connectivity index (χ3n) is 3.62. The number of nitrogens with one attached hydrogen (secondary N) is 1. The summed E-state index contributed by atoms with van der Waals surface area (Å²) in [6.45, 7) is 1.24. The first-order chi connectivity index (χ1) is 8.69. The summed E-state index contributed by atoms with van der Waals surface area (Å²) in [5.74, 6) is 0. The molecule has 0 aromatic carbocycles. The topological polar surface area (TPSA) is 78.2 Å². The Bertz CT molecular complexity index is 485. The van der Waals surface area contributed by atoms with Crippen molar-refractivity contribution in [2.45, 2.75) is 30.5 Å². The minimum absolute atomic E-state index is 0.162. The van der Waals surface area contributed by atoms with Crippen LogP contribution in [0.3, 0.4) is 0 Å². The van der Waals surface area contributed by atoms with Crippen molar-refractivity contribution in [2.75, 3.05) is 13.2 Å². The second-order valence-corrected chi connectivity index (χ2v) is 5.06. The van der Waals surface area contributed by atoms with Gasteiger partial charge in [-0.1, -0.05) is 6.07 Å². The molecule has 2 atom stereocenters. The number of nitrogens with zero attached hydrogens (tertiary/aromatic N) is 2. The van der Waals surface area contributed by atoms with Crippen LogP contribution in [-0.2, 0) is 10.3 Å². The molecule has 0 spiro atoms. The fraction of sp³-hybridized carbons (Fsp3) is 0.538. The average Bonchev–Trinajstić information content (AvgIpc) is 2.38. The van der Waals surface area contributed by atoms with Crippen LogP contribution in [0, 0.1) is 11.3 Å². The molecule has 1 aromatic rings. The lowest BCUT2D eigenvalue weighted by Gasteiger charge is -2.44. The molecule has 5 heteroatoms. The lowest BCUT2D eigenvalue weighted by Crippen LogP contribution is -2.58. The van der Waals surface area contributed by atoms with Crippen molar-refractivity contribution in [3.63, 3.8) is 0 Å². The Hall–Kier alpha value is -1.48. The molecule has 0 radical (unpaired) electrons. The zero-order valence-corrected chi connectivity index (χ0v) is 9.97. The Labute approximate surface area is 105 Å². The number of ether oxygens (including phenoxy) is 1. The molecule has 94 valence electrons. The van der Waals surface area contributed by atoms with Crippen LogP contribution in [0.4, 0.5) is 0 Å². The predicted octanol–water partition coefficient (Wildman–Crippen LogP) is 0.292. The number of pyridine rings is 1. The Kier molecular flexibility index (Phi) is 2.78. The molecule has 2 aliphatic heterocycles. The van der Waals surface area contributed by atoms with Gasteiger partial charge < -0.3 is 15.2 Å². The minimum atomic E-state index is -0.947. The summed E-state index contributed by atoms with van der Waals surface area (Å²) < 4.78 is 5.46. The van der Waals surface area contributed by atoms with Gasteiger partial charge in [0.2, 0.25) is 0 Å². The van der Waals surface area contributed by atoms with Gasteiger partial charge in [-0.15, -0.1) is 0 Å². The van der Waals surface area contributed by atoms with E-state index in [-0.39, 0.29) is 12.1 Å². The number of morpholine rings is 1. The standard InChI is InChI=1S/C13H15N3O2/c14-6-9-2-1-3-12(16-9)13(17)4-10-7-18-8-11(5-13)15-10/h1-3,10-11,15,17H,4-5,7-8H2. The maximum atomic E-state index is 10.8. The molecule has 0 amide bonds. The Balaban J connectivity index is 1.92. The molecule has 3 rings (SSSR count). The van der Waals surface area contributed by atoms with E-state index in [2.05, 4.69) is 10.3 Å². The van der Waals surface area contributed by atoms with E-state index in [0.29, 0.717) is 37.4 Å². The van der Waals surface area contributed by atoms with Crippen LogP contribution >= 0.6 is 0 Å². The predicted molar refractivity (Wildman–Crippen MR) is 63.6 cm³/mol. The van der Waals surface area contributed by atoms with Crippen LogP contribution in [0.5, 0.6) is 0 Å². The number of aliphatic hydroxyl groups is 1. The summed E-state index contributed by atoms with van der Waals surface area (Å²) in [4.78, 5) is 4.23. The van der Waals surface area contributed by atoms with Gasteiger partial charge in [-0.2, -0.15) is 5.26 Å². The van der Waals surface area contributed by atoms with E-state index in [1.807, 2.05) is 6.07 Å². The number of nitriles is 1. The van der Waals surface area contributed by atoms with Crippen molar-refractivity contribution >= 4 is 0 Å². The van der Waals surface area contributed by atoms with Gasteiger partial charge in [0, 0.05) is 12.1 Å². The van der Waals surface area contributed by atoms with E-state index in [9.17, 15) is 5.11 Å². The highest BCUT2D eigenvalue weighted by Gasteiger charge is 2.43. The van der Waals surface area contributed by atoms with Crippen LogP contribution in [0.15, 0.2) is 18.2 Å². The van der Waals surface area contributed by atoms with Crippen molar-refractivity contribution in [3.05, 3.63) is 29.6 Å². The smallest absolute Gasteiger partial charge is 0.140 e. The third kappa shape index (κ3) is 1.99. The number of hydrogen-bond donors (Lipinski definition) is 2. The van der Waals surface area contributed by atoms with Crippen molar-refractivity contribution in [1.29, 1.82) is 5.26 Å². The summed E-state index contributed by atoms with van der Waals surface area (Å²) in [7, 11) is 0. The van der Waals surface area contributed by atoms with Crippen LogP contribution < -0.4 is 5.32 Å². The highest BCUT2D eigenvalue weighted by molar-refractivity contribution is 5.26. The molecule has 2 saturated heterocycles. The van der Waals surface area contributed by atoms with Gasteiger partial charge in [0.15, 0.2) is 0 Å². The first kappa shape index (κ1) is 11.6. The highest BCUT2D eigenvalue weighted by atomic mass is 16.5. The molecule has 5 nitrogen and oxygen atoms in total. The van der Waals surface area contributed by atoms with E-state index in [4.69, 9.17) is 10.00 Å². The summed E-state index contributed by atoms with van der Waals surface area (Å²) >= 11 is 0. The summed E-state index contributed by atoms with van der Waals surface area (Å²) in [6, 6.07) is 7.55. The van der Waals surface area contributed by atoms with Crippen LogP contribution in [0.1, 0.15) is 24.2 Å².